The first-order valence-corrected chi connectivity index (χ1v) is 9.42. The zero-order chi connectivity index (χ0) is 19.8. The Hall–Kier alpha value is -2.82. The number of para-hydroxylation sites is 1. The van der Waals surface area contributed by atoms with E-state index in [4.69, 9.17) is 9.47 Å². The van der Waals surface area contributed by atoms with Gasteiger partial charge in [-0.3, -0.25) is 4.90 Å². The molecule has 0 aliphatic carbocycles. The Morgan fingerprint density at radius 2 is 1.50 bits per heavy atom. The van der Waals surface area contributed by atoms with Crippen molar-refractivity contribution in [1.82, 2.24) is 4.90 Å². The summed E-state index contributed by atoms with van der Waals surface area (Å²) in [6, 6.07) is 26.1. The summed E-state index contributed by atoms with van der Waals surface area (Å²) in [5.74, 6) is 1.62. The minimum Gasteiger partial charge on any atom is -0.496 e. The highest BCUT2D eigenvalue weighted by Gasteiger charge is 2.12. The summed E-state index contributed by atoms with van der Waals surface area (Å²) in [5, 5.41) is 10.3. The number of methoxy groups -OCH3 is 1. The fraction of sp³-hybridized carbons (Fsp3) is 0.250. The van der Waals surface area contributed by atoms with E-state index in [1.807, 2.05) is 73.8 Å². The summed E-state index contributed by atoms with van der Waals surface area (Å²) in [4.78, 5) is 2.06. The van der Waals surface area contributed by atoms with Gasteiger partial charge in [-0.15, -0.1) is 0 Å². The van der Waals surface area contributed by atoms with Gasteiger partial charge in [-0.1, -0.05) is 60.7 Å². The number of hydrogen-bond donors (Lipinski definition) is 1. The van der Waals surface area contributed by atoms with Crippen LogP contribution in [0.5, 0.6) is 11.5 Å². The highest BCUT2D eigenvalue weighted by atomic mass is 16.5. The fourth-order valence-corrected chi connectivity index (χ4v) is 3.17. The molecular formula is C24H27NO3. The van der Waals surface area contributed by atoms with Gasteiger partial charge < -0.3 is 14.6 Å². The van der Waals surface area contributed by atoms with E-state index in [-0.39, 0.29) is 6.61 Å². The number of ether oxygens (including phenoxy) is 2. The van der Waals surface area contributed by atoms with Crippen LogP contribution in [0, 0.1) is 0 Å². The number of nitrogens with zero attached hydrogens (tertiary/aromatic N) is 1. The van der Waals surface area contributed by atoms with Crippen molar-refractivity contribution < 1.29 is 14.6 Å². The van der Waals surface area contributed by atoms with Gasteiger partial charge in [0.1, 0.15) is 24.2 Å². The van der Waals surface area contributed by atoms with Crippen molar-refractivity contribution in [2.75, 3.05) is 27.3 Å². The van der Waals surface area contributed by atoms with Crippen molar-refractivity contribution in [2.24, 2.45) is 0 Å². The lowest BCUT2D eigenvalue weighted by Crippen LogP contribution is -2.32. The van der Waals surface area contributed by atoms with Crippen LogP contribution in [0.25, 0.3) is 11.1 Å². The van der Waals surface area contributed by atoms with Crippen LogP contribution in [0.1, 0.15) is 5.56 Å². The van der Waals surface area contributed by atoms with E-state index in [1.54, 1.807) is 7.11 Å². The molecule has 1 atom stereocenters. The van der Waals surface area contributed by atoms with Crippen LogP contribution < -0.4 is 9.47 Å². The standard InChI is InChI=1S/C24H27NO3/c1-25(16-21-10-6-7-11-24(21)27-2)17-22(26)18-28-23-14-12-20(13-15-23)19-8-4-3-5-9-19/h3-15,22,26H,16-18H2,1-2H3. The van der Waals surface area contributed by atoms with E-state index in [2.05, 4.69) is 17.0 Å². The minimum atomic E-state index is -0.575. The summed E-state index contributed by atoms with van der Waals surface area (Å²) >= 11 is 0. The largest absolute Gasteiger partial charge is 0.496 e. The van der Waals surface area contributed by atoms with Crippen molar-refractivity contribution in [2.45, 2.75) is 12.6 Å². The number of likely N-dealkylation sites (N-methyl/N-ethyl adjacent to an activating group) is 1. The van der Waals surface area contributed by atoms with Gasteiger partial charge in [-0.25, -0.2) is 0 Å². The summed E-state index contributed by atoms with van der Waals surface area (Å²) in [5.41, 5.74) is 3.41. The molecule has 28 heavy (non-hydrogen) atoms. The molecule has 0 heterocycles. The lowest BCUT2D eigenvalue weighted by molar-refractivity contribution is 0.0742. The van der Waals surface area contributed by atoms with Crippen LogP contribution in [0.15, 0.2) is 78.9 Å². The number of hydrogen-bond acceptors (Lipinski definition) is 4. The summed E-state index contributed by atoms with van der Waals surface area (Å²) in [6.45, 7) is 1.47. The molecule has 3 aromatic rings. The second kappa shape index (κ2) is 9.93. The predicted molar refractivity (Wildman–Crippen MR) is 113 cm³/mol. The molecule has 4 nitrogen and oxygen atoms in total. The van der Waals surface area contributed by atoms with E-state index < -0.39 is 6.10 Å². The van der Waals surface area contributed by atoms with Crippen LogP contribution in [-0.2, 0) is 6.54 Å². The Balaban J connectivity index is 1.48. The van der Waals surface area contributed by atoms with Gasteiger partial charge in [0.2, 0.25) is 0 Å². The molecule has 0 aliphatic rings. The van der Waals surface area contributed by atoms with Crippen LogP contribution >= 0.6 is 0 Å². The topological polar surface area (TPSA) is 41.9 Å². The van der Waals surface area contributed by atoms with Crippen molar-refractivity contribution >= 4 is 0 Å². The Morgan fingerprint density at radius 3 is 2.21 bits per heavy atom. The normalized spacial score (nSPS) is 12.0. The molecule has 0 saturated heterocycles. The second-order valence-electron chi connectivity index (χ2n) is 6.86. The molecule has 0 amide bonds. The third kappa shape index (κ3) is 5.59. The van der Waals surface area contributed by atoms with E-state index in [1.165, 1.54) is 5.56 Å². The number of rotatable bonds is 9. The van der Waals surface area contributed by atoms with Gasteiger partial charge in [-0.2, -0.15) is 0 Å². The quantitative estimate of drug-likeness (QED) is 0.606. The Morgan fingerprint density at radius 1 is 0.857 bits per heavy atom. The summed E-state index contributed by atoms with van der Waals surface area (Å²) in [6.07, 6.45) is -0.575. The van der Waals surface area contributed by atoms with Crippen LogP contribution in [0.2, 0.25) is 0 Å². The van der Waals surface area contributed by atoms with Crippen molar-refractivity contribution in [1.29, 1.82) is 0 Å². The molecule has 3 rings (SSSR count). The minimum absolute atomic E-state index is 0.251. The molecule has 0 spiro atoms. The molecule has 0 aromatic heterocycles. The maximum Gasteiger partial charge on any atom is 0.123 e. The predicted octanol–water partition coefficient (Wildman–Crippen LogP) is 4.23. The maximum absolute atomic E-state index is 10.3. The lowest BCUT2D eigenvalue weighted by Gasteiger charge is -2.21. The highest BCUT2D eigenvalue weighted by Crippen LogP contribution is 2.22. The van der Waals surface area contributed by atoms with Gasteiger partial charge in [0, 0.05) is 18.7 Å². The number of aliphatic hydroxyl groups excluding tert-OH is 1. The molecule has 146 valence electrons. The Bertz CT molecular complexity index is 849. The summed E-state index contributed by atoms with van der Waals surface area (Å²) < 4.78 is 11.1. The first-order valence-electron chi connectivity index (χ1n) is 9.42. The van der Waals surface area contributed by atoms with Gasteiger partial charge in [0.25, 0.3) is 0 Å². The lowest BCUT2D eigenvalue weighted by atomic mass is 10.1. The zero-order valence-corrected chi connectivity index (χ0v) is 16.4. The zero-order valence-electron chi connectivity index (χ0n) is 16.4. The van der Waals surface area contributed by atoms with Crippen LogP contribution in [-0.4, -0.2) is 43.4 Å². The number of benzene rings is 3. The third-order valence-corrected chi connectivity index (χ3v) is 4.56. The highest BCUT2D eigenvalue weighted by molar-refractivity contribution is 5.63. The van der Waals surface area contributed by atoms with Gasteiger partial charge in [0.15, 0.2) is 0 Å². The molecule has 0 bridgehead atoms. The first kappa shape index (κ1) is 19.9. The molecule has 0 radical (unpaired) electrons. The van der Waals surface area contributed by atoms with E-state index in [0.717, 1.165) is 22.6 Å². The first-order chi connectivity index (χ1) is 13.7. The molecule has 3 aromatic carbocycles. The molecule has 0 aliphatic heterocycles. The summed E-state index contributed by atoms with van der Waals surface area (Å²) in [7, 11) is 3.65. The SMILES string of the molecule is COc1ccccc1CN(C)CC(O)COc1ccc(-c2ccccc2)cc1. The average molecular weight is 377 g/mol. The van der Waals surface area contributed by atoms with Gasteiger partial charge in [0.05, 0.1) is 7.11 Å². The monoisotopic (exact) mass is 377 g/mol. The van der Waals surface area contributed by atoms with Gasteiger partial charge in [-0.05, 0) is 36.4 Å². The average Bonchev–Trinajstić information content (AvgIpc) is 2.73. The molecule has 1 unspecified atom stereocenters. The van der Waals surface area contributed by atoms with Crippen molar-refractivity contribution in [3.05, 3.63) is 84.4 Å². The van der Waals surface area contributed by atoms with E-state index in [9.17, 15) is 5.11 Å². The van der Waals surface area contributed by atoms with Crippen molar-refractivity contribution in [3.63, 3.8) is 0 Å². The second-order valence-corrected chi connectivity index (χ2v) is 6.86. The number of aliphatic hydroxyl groups is 1. The Labute approximate surface area is 167 Å². The molecule has 4 heteroatoms. The smallest absolute Gasteiger partial charge is 0.123 e. The molecule has 0 fully saturated rings. The van der Waals surface area contributed by atoms with Crippen LogP contribution in [0.4, 0.5) is 0 Å². The van der Waals surface area contributed by atoms with Gasteiger partial charge >= 0.3 is 0 Å². The molecular weight excluding hydrogens is 350 g/mol. The fourth-order valence-electron chi connectivity index (χ4n) is 3.17. The van der Waals surface area contributed by atoms with Crippen molar-refractivity contribution in [3.8, 4) is 22.6 Å². The van der Waals surface area contributed by atoms with E-state index in [0.29, 0.717) is 13.1 Å². The van der Waals surface area contributed by atoms with E-state index >= 15 is 0 Å². The molecule has 1 N–H and O–H groups in total. The Kier molecular flexibility index (Phi) is 7.06. The third-order valence-electron chi connectivity index (χ3n) is 4.56. The molecule has 0 saturated carbocycles. The van der Waals surface area contributed by atoms with Crippen LogP contribution in [0.3, 0.4) is 0 Å². The maximum atomic E-state index is 10.3.